The number of alkyl halides is 3. The number of carbonyl (C=O) groups excluding carboxylic acids is 1. The molecule has 0 aromatic carbocycles. The SMILES string of the molecule is CC(C)(CNC(=O)C(F)(F)F)C1CCCC1. The van der Waals surface area contributed by atoms with Crippen molar-refractivity contribution in [3.8, 4) is 0 Å². The summed E-state index contributed by atoms with van der Waals surface area (Å²) in [7, 11) is 0. The molecule has 1 saturated carbocycles. The van der Waals surface area contributed by atoms with Crippen molar-refractivity contribution in [1.82, 2.24) is 5.32 Å². The lowest BCUT2D eigenvalue weighted by Crippen LogP contribution is -2.43. The van der Waals surface area contributed by atoms with Gasteiger partial charge in [-0.3, -0.25) is 4.79 Å². The molecule has 1 rings (SSSR count). The average molecular weight is 237 g/mol. The molecular formula is C11H18F3NO. The van der Waals surface area contributed by atoms with Crippen LogP contribution >= 0.6 is 0 Å². The predicted octanol–water partition coefficient (Wildman–Crippen LogP) is 2.88. The summed E-state index contributed by atoms with van der Waals surface area (Å²) in [6.45, 7) is 3.93. The number of rotatable bonds is 3. The van der Waals surface area contributed by atoms with E-state index in [0.29, 0.717) is 5.92 Å². The lowest BCUT2D eigenvalue weighted by molar-refractivity contribution is -0.174. The maximum atomic E-state index is 12.0. The highest BCUT2D eigenvalue weighted by molar-refractivity contribution is 5.81. The molecule has 0 spiro atoms. The monoisotopic (exact) mass is 237 g/mol. The van der Waals surface area contributed by atoms with Gasteiger partial charge in [0, 0.05) is 6.54 Å². The topological polar surface area (TPSA) is 29.1 Å². The van der Waals surface area contributed by atoms with Crippen LogP contribution < -0.4 is 5.32 Å². The fourth-order valence-corrected chi connectivity index (χ4v) is 2.26. The molecule has 0 heterocycles. The molecule has 1 aliphatic rings. The molecule has 16 heavy (non-hydrogen) atoms. The number of nitrogens with one attached hydrogen (secondary N) is 1. The van der Waals surface area contributed by atoms with E-state index in [-0.39, 0.29) is 12.0 Å². The Kier molecular flexibility index (Phi) is 3.86. The van der Waals surface area contributed by atoms with Crippen LogP contribution in [0.5, 0.6) is 0 Å². The zero-order valence-corrected chi connectivity index (χ0v) is 9.66. The minimum Gasteiger partial charge on any atom is -0.348 e. The number of hydrogen-bond donors (Lipinski definition) is 1. The van der Waals surface area contributed by atoms with Gasteiger partial charge in [0.1, 0.15) is 0 Å². The predicted molar refractivity (Wildman–Crippen MR) is 54.8 cm³/mol. The molecule has 0 atom stereocenters. The Balaban J connectivity index is 2.44. The minimum atomic E-state index is -4.77. The second kappa shape index (κ2) is 4.63. The van der Waals surface area contributed by atoms with Crippen LogP contribution in [0.15, 0.2) is 0 Å². The van der Waals surface area contributed by atoms with Crippen LogP contribution in [-0.4, -0.2) is 18.6 Å². The number of carbonyl (C=O) groups is 1. The molecule has 1 aliphatic carbocycles. The first-order chi connectivity index (χ1) is 7.23. The van der Waals surface area contributed by atoms with Crippen LogP contribution in [0, 0.1) is 11.3 Å². The number of hydrogen-bond acceptors (Lipinski definition) is 1. The van der Waals surface area contributed by atoms with Crippen molar-refractivity contribution in [2.24, 2.45) is 11.3 Å². The molecule has 0 aliphatic heterocycles. The van der Waals surface area contributed by atoms with Crippen molar-refractivity contribution in [1.29, 1.82) is 0 Å². The average Bonchev–Trinajstić information content (AvgIpc) is 2.65. The quantitative estimate of drug-likeness (QED) is 0.803. The van der Waals surface area contributed by atoms with Gasteiger partial charge in [-0.05, 0) is 24.2 Å². The second-order valence-electron chi connectivity index (χ2n) is 5.15. The fourth-order valence-electron chi connectivity index (χ4n) is 2.26. The van der Waals surface area contributed by atoms with E-state index in [1.54, 1.807) is 0 Å². The standard InChI is InChI=1S/C11H18F3NO/c1-10(2,8-5-3-4-6-8)7-15-9(16)11(12,13)14/h8H,3-7H2,1-2H3,(H,15,16). The van der Waals surface area contributed by atoms with Gasteiger partial charge in [0.05, 0.1) is 0 Å². The Morgan fingerprint density at radius 3 is 2.19 bits per heavy atom. The van der Waals surface area contributed by atoms with Crippen molar-refractivity contribution in [3.05, 3.63) is 0 Å². The summed E-state index contributed by atoms with van der Waals surface area (Å²) in [5.74, 6) is -1.42. The Morgan fingerprint density at radius 1 is 1.25 bits per heavy atom. The maximum absolute atomic E-state index is 12.0. The van der Waals surface area contributed by atoms with Crippen LogP contribution in [0.1, 0.15) is 39.5 Å². The van der Waals surface area contributed by atoms with E-state index in [9.17, 15) is 18.0 Å². The minimum absolute atomic E-state index is 0.0933. The largest absolute Gasteiger partial charge is 0.471 e. The van der Waals surface area contributed by atoms with Gasteiger partial charge < -0.3 is 5.32 Å². The van der Waals surface area contributed by atoms with Gasteiger partial charge in [-0.15, -0.1) is 0 Å². The van der Waals surface area contributed by atoms with Gasteiger partial charge in [0.15, 0.2) is 0 Å². The van der Waals surface area contributed by atoms with Gasteiger partial charge >= 0.3 is 12.1 Å². The summed E-state index contributed by atoms with van der Waals surface area (Å²) in [4.78, 5) is 10.7. The molecule has 1 amide bonds. The molecule has 2 nitrogen and oxygen atoms in total. The molecule has 0 radical (unpaired) electrons. The van der Waals surface area contributed by atoms with E-state index >= 15 is 0 Å². The Hall–Kier alpha value is -0.740. The highest BCUT2D eigenvalue weighted by atomic mass is 19.4. The third-order valence-electron chi connectivity index (χ3n) is 3.42. The zero-order chi connectivity index (χ0) is 12.4. The van der Waals surface area contributed by atoms with E-state index in [0.717, 1.165) is 25.7 Å². The van der Waals surface area contributed by atoms with Gasteiger partial charge in [-0.25, -0.2) is 0 Å². The number of amides is 1. The third-order valence-corrected chi connectivity index (χ3v) is 3.42. The lowest BCUT2D eigenvalue weighted by atomic mass is 9.78. The summed E-state index contributed by atoms with van der Waals surface area (Å²) in [6.07, 6.45) is -0.391. The van der Waals surface area contributed by atoms with Gasteiger partial charge in [0.25, 0.3) is 0 Å². The summed E-state index contributed by atoms with van der Waals surface area (Å²) >= 11 is 0. The Morgan fingerprint density at radius 2 is 1.75 bits per heavy atom. The van der Waals surface area contributed by atoms with Crippen LogP contribution in [0.3, 0.4) is 0 Å². The fraction of sp³-hybridized carbons (Fsp3) is 0.909. The van der Waals surface area contributed by atoms with E-state index in [1.165, 1.54) is 0 Å². The van der Waals surface area contributed by atoms with E-state index in [1.807, 2.05) is 19.2 Å². The van der Waals surface area contributed by atoms with Gasteiger partial charge in [-0.2, -0.15) is 13.2 Å². The highest BCUT2D eigenvalue weighted by Crippen LogP contribution is 2.39. The Labute approximate surface area is 93.6 Å². The van der Waals surface area contributed by atoms with Crippen molar-refractivity contribution < 1.29 is 18.0 Å². The number of halogens is 3. The first-order valence-electron chi connectivity index (χ1n) is 5.58. The van der Waals surface area contributed by atoms with E-state index in [2.05, 4.69) is 0 Å². The second-order valence-corrected chi connectivity index (χ2v) is 5.15. The van der Waals surface area contributed by atoms with Crippen molar-refractivity contribution in [2.45, 2.75) is 45.7 Å². The van der Waals surface area contributed by atoms with Crippen LogP contribution in [0.2, 0.25) is 0 Å². The smallest absolute Gasteiger partial charge is 0.348 e. The molecule has 1 N–H and O–H groups in total. The van der Waals surface area contributed by atoms with Crippen LogP contribution in [0.4, 0.5) is 13.2 Å². The molecule has 0 unspecified atom stereocenters. The van der Waals surface area contributed by atoms with Gasteiger partial charge in [-0.1, -0.05) is 26.7 Å². The van der Waals surface area contributed by atoms with Crippen molar-refractivity contribution in [3.63, 3.8) is 0 Å². The summed E-state index contributed by atoms with van der Waals surface area (Å²) < 4.78 is 36.0. The molecule has 1 fully saturated rings. The third kappa shape index (κ3) is 3.39. The Bertz CT molecular complexity index is 254. The molecular weight excluding hydrogens is 219 g/mol. The highest BCUT2D eigenvalue weighted by Gasteiger charge is 2.40. The molecule has 94 valence electrons. The van der Waals surface area contributed by atoms with Gasteiger partial charge in [0.2, 0.25) is 0 Å². The van der Waals surface area contributed by atoms with Crippen molar-refractivity contribution >= 4 is 5.91 Å². The molecule has 5 heteroatoms. The summed E-state index contributed by atoms with van der Waals surface area (Å²) in [5.41, 5.74) is -0.253. The van der Waals surface area contributed by atoms with Crippen LogP contribution in [0.25, 0.3) is 0 Å². The van der Waals surface area contributed by atoms with E-state index in [4.69, 9.17) is 0 Å². The summed E-state index contributed by atoms with van der Waals surface area (Å²) in [6, 6.07) is 0. The zero-order valence-electron chi connectivity index (χ0n) is 9.66. The first kappa shape index (κ1) is 13.3. The molecule has 0 aromatic rings. The lowest BCUT2D eigenvalue weighted by Gasteiger charge is -2.31. The maximum Gasteiger partial charge on any atom is 0.471 e. The normalized spacial score (nSPS) is 18.8. The van der Waals surface area contributed by atoms with E-state index < -0.39 is 12.1 Å². The first-order valence-corrected chi connectivity index (χ1v) is 5.58. The molecule has 0 saturated heterocycles. The van der Waals surface area contributed by atoms with Crippen molar-refractivity contribution in [2.75, 3.05) is 6.54 Å². The molecule has 0 bridgehead atoms. The summed E-state index contributed by atoms with van der Waals surface area (Å²) in [5, 5.41) is 1.98. The molecule has 0 aromatic heterocycles. The van der Waals surface area contributed by atoms with Crippen LogP contribution in [-0.2, 0) is 4.79 Å².